The molecule has 0 atom stereocenters. The molecule has 2 fully saturated rings. The van der Waals surface area contributed by atoms with E-state index in [9.17, 15) is 4.39 Å². The highest BCUT2D eigenvalue weighted by Gasteiger charge is 2.53. The number of halogens is 1. The zero-order valence-electron chi connectivity index (χ0n) is 13.2. The molecule has 1 saturated heterocycles. The van der Waals surface area contributed by atoms with Gasteiger partial charge in [0, 0.05) is 0 Å². The molecule has 1 aromatic carbocycles. The Morgan fingerprint density at radius 2 is 1.62 bits per heavy atom. The first-order valence-corrected chi connectivity index (χ1v) is 7.61. The van der Waals surface area contributed by atoms with Crippen molar-refractivity contribution in [1.29, 1.82) is 0 Å². The van der Waals surface area contributed by atoms with E-state index < -0.39 is 18.3 Å². The lowest BCUT2D eigenvalue weighted by molar-refractivity contribution is 0.00578. The fraction of sp³-hybridized carbons (Fsp3) is 0.529. The summed E-state index contributed by atoms with van der Waals surface area (Å²) in [6.45, 7) is 7.69. The fourth-order valence-electron chi connectivity index (χ4n) is 2.46. The monoisotopic (exact) mass is 288 g/mol. The third kappa shape index (κ3) is 2.92. The Kier molecular flexibility index (Phi) is 3.49. The second-order valence-electron chi connectivity index (χ2n) is 7.06. The lowest BCUT2D eigenvalue weighted by Crippen LogP contribution is -2.41. The minimum absolute atomic E-state index is 0.382. The van der Waals surface area contributed by atoms with Crippen LogP contribution in [0.3, 0.4) is 0 Å². The molecular formula is C17H22BFO2. The van der Waals surface area contributed by atoms with Crippen molar-refractivity contribution < 1.29 is 13.7 Å². The lowest BCUT2D eigenvalue weighted by atomic mass is 9.86. The number of benzene rings is 1. The Hall–Kier alpha value is -1.13. The van der Waals surface area contributed by atoms with Crippen molar-refractivity contribution in [3.63, 3.8) is 0 Å². The Morgan fingerprint density at radius 3 is 2.10 bits per heavy atom. The van der Waals surface area contributed by atoms with Gasteiger partial charge in [-0.25, -0.2) is 4.39 Å². The molecule has 112 valence electrons. The van der Waals surface area contributed by atoms with E-state index in [1.165, 1.54) is 24.5 Å². The van der Waals surface area contributed by atoms with E-state index in [0.29, 0.717) is 0 Å². The van der Waals surface area contributed by atoms with Crippen LogP contribution in [0.15, 0.2) is 30.0 Å². The predicted molar refractivity (Wildman–Crippen MR) is 83.6 cm³/mol. The van der Waals surface area contributed by atoms with Gasteiger partial charge in [-0.05, 0) is 63.7 Å². The Bertz CT molecular complexity index is 543. The molecule has 1 aliphatic heterocycles. The van der Waals surface area contributed by atoms with Gasteiger partial charge >= 0.3 is 7.12 Å². The average molecular weight is 288 g/mol. The molecule has 0 bridgehead atoms. The van der Waals surface area contributed by atoms with Crippen molar-refractivity contribution >= 4 is 13.2 Å². The van der Waals surface area contributed by atoms with E-state index >= 15 is 0 Å². The quantitative estimate of drug-likeness (QED) is 0.762. The lowest BCUT2D eigenvalue weighted by Gasteiger charge is -2.32. The van der Waals surface area contributed by atoms with Gasteiger partial charge < -0.3 is 9.31 Å². The normalized spacial score (nSPS) is 24.4. The summed E-state index contributed by atoms with van der Waals surface area (Å²) in [6.07, 6.45) is 4.05. The molecule has 0 radical (unpaired) electrons. The van der Waals surface area contributed by atoms with Crippen molar-refractivity contribution in [3.05, 3.63) is 41.1 Å². The summed E-state index contributed by atoms with van der Waals surface area (Å²) in [6, 6.07) is 8.08. The topological polar surface area (TPSA) is 18.5 Å². The minimum atomic E-state index is -0.918. The van der Waals surface area contributed by atoms with Crippen LogP contribution in [0, 0.1) is 0 Å². The second kappa shape index (κ2) is 4.96. The Balaban J connectivity index is 1.74. The average Bonchev–Trinajstić information content (AvgIpc) is 3.19. The van der Waals surface area contributed by atoms with E-state index in [0.717, 1.165) is 11.5 Å². The van der Waals surface area contributed by atoms with Crippen molar-refractivity contribution in [1.82, 2.24) is 0 Å². The number of rotatable bonds is 3. The molecule has 0 N–H and O–H groups in total. The first-order chi connectivity index (χ1) is 9.78. The first kappa shape index (κ1) is 14.8. The van der Waals surface area contributed by atoms with E-state index in [-0.39, 0.29) is 5.73 Å². The van der Waals surface area contributed by atoms with Crippen molar-refractivity contribution in [3.8, 4) is 0 Å². The third-order valence-electron chi connectivity index (χ3n) is 4.77. The van der Waals surface area contributed by atoms with Crippen LogP contribution in [-0.4, -0.2) is 18.3 Å². The smallest absolute Gasteiger partial charge is 0.398 e. The van der Waals surface area contributed by atoms with Crippen LogP contribution in [0.5, 0.6) is 0 Å². The van der Waals surface area contributed by atoms with Gasteiger partial charge in [0.1, 0.15) is 5.73 Å². The number of hydrogen-bond acceptors (Lipinski definition) is 2. The maximum atomic E-state index is 14.4. The summed E-state index contributed by atoms with van der Waals surface area (Å²) < 4.78 is 25.8. The van der Waals surface area contributed by atoms with Gasteiger partial charge in [0.2, 0.25) is 0 Å². The molecule has 2 nitrogen and oxygen atoms in total. The van der Waals surface area contributed by atoms with Gasteiger partial charge in [0.25, 0.3) is 0 Å². The van der Waals surface area contributed by atoms with Crippen LogP contribution in [-0.2, 0) is 9.31 Å². The van der Waals surface area contributed by atoms with Crippen LogP contribution in [0.1, 0.15) is 57.6 Å². The van der Waals surface area contributed by atoms with Gasteiger partial charge in [-0.2, -0.15) is 0 Å². The molecule has 0 aromatic heterocycles. The summed E-state index contributed by atoms with van der Waals surface area (Å²) in [7, 11) is -0.918. The zero-order valence-corrected chi connectivity index (χ0v) is 13.2. The van der Waals surface area contributed by atoms with Gasteiger partial charge in [0.15, 0.2) is 0 Å². The Morgan fingerprint density at radius 1 is 1.10 bits per heavy atom. The van der Waals surface area contributed by atoms with Crippen molar-refractivity contribution in [2.75, 3.05) is 0 Å². The van der Waals surface area contributed by atoms with Crippen LogP contribution in [0.4, 0.5) is 4.39 Å². The van der Waals surface area contributed by atoms with Crippen LogP contribution < -0.4 is 0 Å². The minimum Gasteiger partial charge on any atom is -0.398 e. The highest BCUT2D eigenvalue weighted by atomic mass is 19.1. The molecule has 1 aliphatic carbocycles. The first-order valence-electron chi connectivity index (χ1n) is 7.61. The highest BCUT2D eigenvalue weighted by Crippen LogP contribution is 2.40. The second-order valence-corrected chi connectivity index (χ2v) is 7.06. The fourth-order valence-corrected chi connectivity index (χ4v) is 2.46. The molecule has 0 unspecified atom stereocenters. The summed E-state index contributed by atoms with van der Waals surface area (Å²) in [5, 5.41) is 0. The summed E-state index contributed by atoms with van der Waals surface area (Å²) in [5.41, 5.74) is 0.778. The van der Waals surface area contributed by atoms with E-state index in [2.05, 4.69) is 12.1 Å². The van der Waals surface area contributed by atoms with E-state index in [4.69, 9.17) is 9.31 Å². The van der Waals surface area contributed by atoms with Crippen molar-refractivity contribution in [2.45, 2.75) is 57.7 Å². The highest BCUT2D eigenvalue weighted by molar-refractivity contribution is 6.54. The standard InChI is InChI=1S/C17H22BFO2/c1-16(2)17(3,4)21-18(20-16)15(19)11-12-5-7-13(8-6-12)14-9-10-14/h5-8,11,14H,9-10H2,1-4H3. The molecular weight excluding hydrogens is 266 g/mol. The van der Waals surface area contributed by atoms with Gasteiger partial charge in [0.05, 0.1) is 11.2 Å². The predicted octanol–water partition coefficient (Wildman–Crippen LogP) is 4.51. The van der Waals surface area contributed by atoms with Gasteiger partial charge in [-0.3, -0.25) is 0 Å². The van der Waals surface area contributed by atoms with Crippen molar-refractivity contribution in [2.24, 2.45) is 0 Å². The molecule has 1 heterocycles. The molecule has 21 heavy (non-hydrogen) atoms. The third-order valence-corrected chi connectivity index (χ3v) is 4.77. The van der Waals surface area contributed by atoms with Crippen LogP contribution in [0.25, 0.3) is 6.08 Å². The van der Waals surface area contributed by atoms with E-state index in [1.807, 2.05) is 39.8 Å². The summed E-state index contributed by atoms with van der Waals surface area (Å²) in [5.74, 6) is 0.718. The molecule has 1 aromatic rings. The molecule has 1 saturated carbocycles. The van der Waals surface area contributed by atoms with Crippen LogP contribution >= 0.6 is 0 Å². The SMILES string of the molecule is CC1(C)OB(C(F)=Cc2ccc(C3CC3)cc2)OC1(C)C. The van der Waals surface area contributed by atoms with E-state index in [1.54, 1.807) is 0 Å². The molecule has 0 amide bonds. The summed E-state index contributed by atoms with van der Waals surface area (Å²) in [4.78, 5) is 0. The maximum absolute atomic E-state index is 14.4. The van der Waals surface area contributed by atoms with Gasteiger partial charge in [-0.15, -0.1) is 0 Å². The zero-order chi connectivity index (χ0) is 15.3. The Labute approximate surface area is 126 Å². The van der Waals surface area contributed by atoms with Gasteiger partial charge in [-0.1, -0.05) is 24.3 Å². The summed E-state index contributed by atoms with van der Waals surface area (Å²) >= 11 is 0. The molecule has 0 spiro atoms. The largest absolute Gasteiger partial charge is 0.525 e. The molecule has 2 aliphatic rings. The number of hydrogen-bond donors (Lipinski definition) is 0. The van der Waals surface area contributed by atoms with Crippen LogP contribution in [0.2, 0.25) is 0 Å². The molecule has 4 heteroatoms. The molecule has 3 rings (SSSR count). The maximum Gasteiger partial charge on any atom is 0.525 e.